The Morgan fingerprint density at radius 1 is 0.906 bits per heavy atom. The van der Waals surface area contributed by atoms with Crippen molar-refractivity contribution in [3.63, 3.8) is 0 Å². The fourth-order valence-electron chi connectivity index (χ4n) is 3.50. The molecule has 1 N–H and O–H groups in total. The molecule has 3 aromatic carbocycles. The number of hydrogen-bond acceptors (Lipinski definition) is 3. The van der Waals surface area contributed by atoms with Gasteiger partial charge in [-0.15, -0.1) is 0 Å². The Kier molecular flexibility index (Phi) is 7.59. The molecule has 0 aliphatic carbocycles. The van der Waals surface area contributed by atoms with Crippen LogP contribution < -0.4 is 9.62 Å². The Balaban J connectivity index is 1.65. The molecule has 0 fully saturated rings. The standard InChI is InChI=1S/C25H27ClN2O3S/c1-18-14-19(2)16-24(15-18)28(32(3,30)31)17-21-4-8-22(9-5-21)25(29)27-13-12-20-6-10-23(26)11-7-20/h4-11,14-16H,12-13,17H2,1-3H3,(H,27,29). The van der Waals surface area contributed by atoms with E-state index >= 15 is 0 Å². The number of sulfonamides is 1. The summed E-state index contributed by atoms with van der Waals surface area (Å²) >= 11 is 5.89. The average Bonchev–Trinajstić information content (AvgIpc) is 2.72. The average molecular weight is 471 g/mol. The molecule has 0 saturated heterocycles. The molecule has 3 rings (SSSR count). The number of anilines is 1. The molecule has 168 valence electrons. The van der Waals surface area contributed by atoms with Crippen LogP contribution in [0.15, 0.2) is 66.7 Å². The lowest BCUT2D eigenvalue weighted by atomic mass is 10.1. The normalized spacial score (nSPS) is 11.2. The Morgan fingerprint density at radius 2 is 1.47 bits per heavy atom. The van der Waals surface area contributed by atoms with E-state index in [2.05, 4.69) is 5.32 Å². The van der Waals surface area contributed by atoms with Gasteiger partial charge in [0.1, 0.15) is 0 Å². The van der Waals surface area contributed by atoms with Gasteiger partial charge in [0.15, 0.2) is 0 Å². The van der Waals surface area contributed by atoms with E-state index in [0.717, 1.165) is 22.3 Å². The molecule has 0 unspecified atom stereocenters. The molecule has 0 aromatic heterocycles. The van der Waals surface area contributed by atoms with Crippen molar-refractivity contribution in [1.29, 1.82) is 0 Å². The van der Waals surface area contributed by atoms with E-state index in [4.69, 9.17) is 11.6 Å². The van der Waals surface area contributed by atoms with E-state index in [1.165, 1.54) is 10.6 Å². The number of hydrogen-bond donors (Lipinski definition) is 1. The molecule has 7 heteroatoms. The fraction of sp³-hybridized carbons (Fsp3) is 0.240. The molecule has 0 bridgehead atoms. The van der Waals surface area contributed by atoms with Crippen molar-refractivity contribution in [2.45, 2.75) is 26.8 Å². The molecule has 0 saturated carbocycles. The highest BCUT2D eigenvalue weighted by Crippen LogP contribution is 2.23. The van der Waals surface area contributed by atoms with E-state index in [9.17, 15) is 13.2 Å². The van der Waals surface area contributed by atoms with Crippen LogP contribution in [0.1, 0.15) is 32.6 Å². The second kappa shape index (κ2) is 10.2. The summed E-state index contributed by atoms with van der Waals surface area (Å²) in [5.74, 6) is -0.167. The predicted molar refractivity (Wildman–Crippen MR) is 131 cm³/mol. The SMILES string of the molecule is Cc1cc(C)cc(N(Cc2ccc(C(=O)NCCc3ccc(Cl)cc3)cc2)S(C)(=O)=O)c1. The van der Waals surface area contributed by atoms with Crippen LogP contribution >= 0.6 is 11.6 Å². The summed E-state index contributed by atoms with van der Waals surface area (Å²) in [4.78, 5) is 12.4. The lowest BCUT2D eigenvalue weighted by Gasteiger charge is -2.23. The lowest BCUT2D eigenvalue weighted by Crippen LogP contribution is -2.29. The maximum Gasteiger partial charge on any atom is 0.251 e. The maximum atomic E-state index is 12.4. The van der Waals surface area contributed by atoms with E-state index in [0.29, 0.717) is 29.2 Å². The molecular weight excluding hydrogens is 444 g/mol. The molecule has 5 nitrogen and oxygen atoms in total. The van der Waals surface area contributed by atoms with Crippen molar-refractivity contribution in [1.82, 2.24) is 5.32 Å². The summed E-state index contributed by atoms with van der Waals surface area (Å²) < 4.78 is 26.3. The Morgan fingerprint density at radius 3 is 2.03 bits per heavy atom. The lowest BCUT2D eigenvalue weighted by molar-refractivity contribution is 0.0954. The summed E-state index contributed by atoms with van der Waals surface area (Å²) in [6.45, 7) is 4.59. The van der Waals surface area contributed by atoms with Gasteiger partial charge in [0.25, 0.3) is 5.91 Å². The van der Waals surface area contributed by atoms with Crippen molar-refractivity contribution in [2.75, 3.05) is 17.1 Å². The number of halogens is 1. The zero-order valence-electron chi connectivity index (χ0n) is 18.4. The van der Waals surface area contributed by atoms with Gasteiger partial charge in [-0.2, -0.15) is 0 Å². The van der Waals surface area contributed by atoms with Gasteiger partial charge in [-0.1, -0.05) is 41.9 Å². The molecule has 0 spiro atoms. The van der Waals surface area contributed by atoms with Crippen LogP contribution in [0.2, 0.25) is 5.02 Å². The van der Waals surface area contributed by atoms with Crippen LogP contribution in [-0.4, -0.2) is 27.1 Å². The van der Waals surface area contributed by atoms with Crippen LogP contribution in [0.5, 0.6) is 0 Å². The molecule has 0 aliphatic heterocycles. The summed E-state index contributed by atoms with van der Waals surface area (Å²) in [6, 6.07) is 20.3. The number of nitrogens with one attached hydrogen (secondary N) is 1. The number of aryl methyl sites for hydroxylation is 2. The van der Waals surface area contributed by atoms with Crippen LogP contribution in [0.4, 0.5) is 5.69 Å². The topological polar surface area (TPSA) is 66.5 Å². The zero-order valence-corrected chi connectivity index (χ0v) is 20.0. The first-order valence-electron chi connectivity index (χ1n) is 10.3. The number of carbonyl (C=O) groups is 1. The minimum absolute atomic E-state index is 0.167. The number of benzene rings is 3. The third-order valence-electron chi connectivity index (χ3n) is 5.05. The Hall–Kier alpha value is -2.83. The van der Waals surface area contributed by atoms with Crippen LogP contribution in [-0.2, 0) is 23.0 Å². The largest absolute Gasteiger partial charge is 0.352 e. The first-order valence-corrected chi connectivity index (χ1v) is 12.5. The first-order chi connectivity index (χ1) is 15.1. The van der Waals surface area contributed by atoms with Crippen molar-refractivity contribution < 1.29 is 13.2 Å². The highest BCUT2D eigenvalue weighted by Gasteiger charge is 2.19. The molecule has 0 radical (unpaired) electrons. The minimum atomic E-state index is -3.47. The summed E-state index contributed by atoms with van der Waals surface area (Å²) in [5.41, 5.74) is 5.05. The highest BCUT2D eigenvalue weighted by molar-refractivity contribution is 7.92. The van der Waals surface area contributed by atoms with Crippen molar-refractivity contribution >= 4 is 33.2 Å². The predicted octanol–water partition coefficient (Wildman–Crippen LogP) is 4.90. The van der Waals surface area contributed by atoms with Gasteiger partial charge in [0.05, 0.1) is 18.5 Å². The smallest absolute Gasteiger partial charge is 0.251 e. The third-order valence-corrected chi connectivity index (χ3v) is 6.44. The van der Waals surface area contributed by atoms with Gasteiger partial charge in [0.2, 0.25) is 10.0 Å². The Labute approximate surface area is 195 Å². The van der Waals surface area contributed by atoms with Gasteiger partial charge in [0, 0.05) is 17.1 Å². The van der Waals surface area contributed by atoms with E-state index in [1.54, 1.807) is 24.3 Å². The van der Waals surface area contributed by atoms with Gasteiger partial charge < -0.3 is 5.32 Å². The van der Waals surface area contributed by atoms with Crippen molar-refractivity contribution in [2.24, 2.45) is 0 Å². The number of amides is 1. The van der Waals surface area contributed by atoms with Gasteiger partial charge in [-0.25, -0.2) is 8.42 Å². The molecular formula is C25H27ClN2O3S. The number of nitrogens with zero attached hydrogens (tertiary/aromatic N) is 1. The molecule has 3 aromatic rings. The van der Waals surface area contributed by atoms with Gasteiger partial charge in [-0.3, -0.25) is 9.10 Å². The first kappa shape index (κ1) is 23.8. The van der Waals surface area contributed by atoms with Crippen LogP contribution in [0.3, 0.4) is 0 Å². The summed E-state index contributed by atoms with van der Waals surface area (Å²) in [5, 5.41) is 3.59. The van der Waals surface area contributed by atoms with E-state index < -0.39 is 10.0 Å². The highest BCUT2D eigenvalue weighted by atomic mass is 35.5. The zero-order chi connectivity index (χ0) is 23.3. The molecule has 0 aliphatic rings. The van der Waals surface area contributed by atoms with Gasteiger partial charge >= 0.3 is 0 Å². The van der Waals surface area contributed by atoms with Crippen molar-refractivity contribution in [3.05, 3.63) is 99.6 Å². The van der Waals surface area contributed by atoms with Crippen LogP contribution in [0.25, 0.3) is 0 Å². The Bertz CT molecular complexity index is 1170. The molecule has 32 heavy (non-hydrogen) atoms. The minimum Gasteiger partial charge on any atom is -0.352 e. The number of carbonyl (C=O) groups excluding carboxylic acids is 1. The van der Waals surface area contributed by atoms with Gasteiger partial charge in [-0.05, 0) is 78.9 Å². The monoisotopic (exact) mass is 470 g/mol. The molecule has 0 heterocycles. The third kappa shape index (κ3) is 6.58. The fourth-order valence-corrected chi connectivity index (χ4v) is 4.49. The second-order valence-corrected chi connectivity index (χ2v) is 10.3. The quantitative estimate of drug-likeness (QED) is 0.509. The van der Waals surface area contributed by atoms with Crippen molar-refractivity contribution in [3.8, 4) is 0 Å². The van der Waals surface area contributed by atoms with E-state index in [1.807, 2.05) is 56.3 Å². The van der Waals surface area contributed by atoms with Crippen LogP contribution in [0, 0.1) is 13.8 Å². The summed E-state index contributed by atoms with van der Waals surface area (Å²) in [6.07, 6.45) is 1.91. The molecule has 0 atom stereocenters. The second-order valence-electron chi connectivity index (χ2n) is 7.94. The maximum absolute atomic E-state index is 12.4. The number of rotatable bonds is 8. The summed E-state index contributed by atoms with van der Waals surface area (Å²) in [7, 11) is -3.47. The van der Waals surface area contributed by atoms with E-state index in [-0.39, 0.29) is 12.5 Å². The molecule has 1 amide bonds.